The minimum atomic E-state index is -1.04. The molecule has 0 aliphatic carbocycles. The number of hydrogen-bond acceptors (Lipinski definition) is 4. The Morgan fingerprint density at radius 3 is 2.71 bits per heavy atom. The van der Waals surface area contributed by atoms with Gasteiger partial charge in [0.2, 0.25) is 0 Å². The van der Waals surface area contributed by atoms with Crippen molar-refractivity contribution in [1.29, 1.82) is 0 Å². The average Bonchev–Trinajstić information content (AvgIpc) is 2.58. The summed E-state index contributed by atoms with van der Waals surface area (Å²) in [6.07, 6.45) is 1.48. The Balaban J connectivity index is 2.33. The highest BCUT2D eigenvalue weighted by atomic mass is 32.2. The number of thioether (sulfide) groups is 1. The molecule has 1 fully saturated rings. The molecule has 86 valence electrons. The highest BCUT2D eigenvalue weighted by Gasteiger charge is 2.24. The SMILES string of the molecule is O=C1NC(=O)/C(=C\c2cccc(C(=O)O)c2)S1. The van der Waals surface area contributed by atoms with Crippen molar-refractivity contribution in [1.82, 2.24) is 5.32 Å². The molecule has 0 unspecified atom stereocenters. The molecule has 0 radical (unpaired) electrons. The maximum absolute atomic E-state index is 11.3. The third kappa shape index (κ3) is 2.54. The first-order chi connectivity index (χ1) is 8.06. The Bertz CT molecular complexity index is 550. The Hall–Kier alpha value is -2.08. The van der Waals surface area contributed by atoms with Crippen molar-refractivity contribution in [2.24, 2.45) is 0 Å². The number of carboxylic acids is 1. The molecule has 0 atom stereocenters. The lowest BCUT2D eigenvalue weighted by atomic mass is 10.1. The van der Waals surface area contributed by atoms with Crippen molar-refractivity contribution in [3.8, 4) is 0 Å². The molecule has 5 nitrogen and oxygen atoms in total. The van der Waals surface area contributed by atoms with E-state index in [-0.39, 0.29) is 10.5 Å². The van der Waals surface area contributed by atoms with E-state index in [0.717, 1.165) is 11.8 Å². The summed E-state index contributed by atoms with van der Waals surface area (Å²) in [5.74, 6) is -1.49. The van der Waals surface area contributed by atoms with Crippen molar-refractivity contribution in [3.05, 3.63) is 40.3 Å². The zero-order valence-electron chi connectivity index (χ0n) is 8.47. The molecule has 0 spiro atoms. The zero-order valence-corrected chi connectivity index (χ0v) is 9.28. The van der Waals surface area contributed by atoms with Gasteiger partial charge in [0, 0.05) is 0 Å². The highest BCUT2D eigenvalue weighted by Crippen LogP contribution is 2.25. The van der Waals surface area contributed by atoms with Crippen LogP contribution in [0.25, 0.3) is 6.08 Å². The first kappa shape index (κ1) is 11.4. The summed E-state index contributed by atoms with van der Waals surface area (Å²) < 4.78 is 0. The summed E-state index contributed by atoms with van der Waals surface area (Å²) in [4.78, 5) is 33.2. The van der Waals surface area contributed by atoms with Crippen LogP contribution in [0.2, 0.25) is 0 Å². The fraction of sp³-hybridized carbons (Fsp3) is 0. The van der Waals surface area contributed by atoms with Gasteiger partial charge in [0.05, 0.1) is 10.5 Å². The maximum atomic E-state index is 11.3. The smallest absolute Gasteiger partial charge is 0.335 e. The molecule has 0 aromatic heterocycles. The van der Waals surface area contributed by atoms with Gasteiger partial charge in [-0.25, -0.2) is 4.79 Å². The van der Waals surface area contributed by atoms with Crippen LogP contribution in [0.4, 0.5) is 4.79 Å². The second kappa shape index (κ2) is 4.42. The second-order valence-corrected chi connectivity index (χ2v) is 4.30. The number of rotatable bonds is 2. The summed E-state index contributed by atoms with van der Waals surface area (Å²) in [5, 5.41) is 10.5. The molecule has 2 rings (SSSR count). The van der Waals surface area contributed by atoms with Gasteiger partial charge in [-0.05, 0) is 35.5 Å². The Labute approximate surface area is 101 Å². The van der Waals surface area contributed by atoms with Crippen LogP contribution < -0.4 is 5.32 Å². The van der Waals surface area contributed by atoms with E-state index in [4.69, 9.17) is 5.11 Å². The lowest BCUT2D eigenvalue weighted by Crippen LogP contribution is -2.17. The third-order valence-electron chi connectivity index (χ3n) is 2.07. The molecule has 1 aliphatic heterocycles. The van der Waals surface area contributed by atoms with Gasteiger partial charge in [0.1, 0.15) is 0 Å². The van der Waals surface area contributed by atoms with Crippen LogP contribution in [0.15, 0.2) is 29.2 Å². The van der Waals surface area contributed by atoms with Crippen LogP contribution in [-0.4, -0.2) is 22.2 Å². The number of carboxylic acid groups (broad SMARTS) is 1. The fourth-order valence-electron chi connectivity index (χ4n) is 1.33. The Kier molecular flexibility index (Phi) is 2.97. The summed E-state index contributed by atoms with van der Waals surface area (Å²) in [7, 11) is 0. The lowest BCUT2D eigenvalue weighted by Gasteiger charge is -1.97. The van der Waals surface area contributed by atoms with Gasteiger partial charge in [0.25, 0.3) is 11.1 Å². The van der Waals surface area contributed by atoms with Gasteiger partial charge in [0.15, 0.2) is 0 Å². The normalized spacial score (nSPS) is 17.3. The van der Waals surface area contributed by atoms with Crippen LogP contribution >= 0.6 is 11.8 Å². The number of amides is 2. The number of benzene rings is 1. The van der Waals surface area contributed by atoms with Crippen LogP contribution in [0.5, 0.6) is 0 Å². The molecule has 1 aromatic carbocycles. The van der Waals surface area contributed by atoms with E-state index in [9.17, 15) is 14.4 Å². The van der Waals surface area contributed by atoms with Crippen LogP contribution in [-0.2, 0) is 4.79 Å². The van der Waals surface area contributed by atoms with E-state index in [2.05, 4.69) is 5.32 Å². The number of imide groups is 1. The predicted octanol–water partition coefficient (Wildman–Crippen LogP) is 1.71. The van der Waals surface area contributed by atoms with Crippen LogP contribution in [0.3, 0.4) is 0 Å². The largest absolute Gasteiger partial charge is 0.478 e. The van der Waals surface area contributed by atoms with E-state index < -0.39 is 17.1 Å². The third-order valence-corrected chi connectivity index (χ3v) is 2.88. The van der Waals surface area contributed by atoms with E-state index in [1.807, 2.05) is 0 Å². The molecule has 1 saturated heterocycles. The number of nitrogens with one attached hydrogen (secondary N) is 1. The molecule has 1 heterocycles. The molecule has 2 amide bonds. The van der Waals surface area contributed by atoms with Gasteiger partial charge in [-0.15, -0.1) is 0 Å². The zero-order chi connectivity index (χ0) is 12.4. The van der Waals surface area contributed by atoms with Gasteiger partial charge in [-0.2, -0.15) is 0 Å². The number of aromatic carboxylic acids is 1. The molecule has 1 aromatic rings. The van der Waals surface area contributed by atoms with Gasteiger partial charge in [-0.3, -0.25) is 14.9 Å². The Morgan fingerprint density at radius 1 is 1.35 bits per heavy atom. The number of carbonyl (C=O) groups excluding carboxylic acids is 2. The van der Waals surface area contributed by atoms with E-state index >= 15 is 0 Å². The van der Waals surface area contributed by atoms with E-state index in [1.165, 1.54) is 18.2 Å². The minimum Gasteiger partial charge on any atom is -0.478 e. The molecule has 6 heteroatoms. The topological polar surface area (TPSA) is 83.5 Å². The standard InChI is InChI=1S/C11H7NO4S/c13-9-8(17-11(16)12-9)5-6-2-1-3-7(4-6)10(14)15/h1-5H,(H,14,15)(H,12,13,16)/b8-5+. The molecular weight excluding hydrogens is 242 g/mol. The summed E-state index contributed by atoms with van der Waals surface area (Å²) >= 11 is 0.797. The molecule has 1 aliphatic rings. The minimum absolute atomic E-state index is 0.133. The first-order valence-corrected chi connectivity index (χ1v) is 5.46. The summed E-state index contributed by atoms with van der Waals surface area (Å²) in [6, 6.07) is 6.13. The summed E-state index contributed by atoms with van der Waals surface area (Å²) in [5.41, 5.74) is 0.700. The van der Waals surface area contributed by atoms with Gasteiger partial charge in [-0.1, -0.05) is 12.1 Å². The van der Waals surface area contributed by atoms with Crippen LogP contribution in [0.1, 0.15) is 15.9 Å². The predicted molar refractivity (Wildman–Crippen MR) is 62.5 cm³/mol. The van der Waals surface area contributed by atoms with E-state index in [0.29, 0.717) is 5.56 Å². The van der Waals surface area contributed by atoms with Crippen molar-refractivity contribution in [2.75, 3.05) is 0 Å². The van der Waals surface area contributed by atoms with Crippen LogP contribution in [0, 0.1) is 0 Å². The molecule has 0 saturated carbocycles. The summed E-state index contributed by atoms with van der Waals surface area (Å²) in [6.45, 7) is 0. The highest BCUT2D eigenvalue weighted by molar-refractivity contribution is 8.18. The maximum Gasteiger partial charge on any atom is 0.335 e. The number of hydrogen-bond donors (Lipinski definition) is 2. The number of carbonyl (C=O) groups is 3. The Morgan fingerprint density at radius 2 is 2.12 bits per heavy atom. The van der Waals surface area contributed by atoms with Gasteiger partial charge >= 0.3 is 5.97 Å². The van der Waals surface area contributed by atoms with Crippen molar-refractivity contribution in [3.63, 3.8) is 0 Å². The van der Waals surface area contributed by atoms with Gasteiger partial charge < -0.3 is 5.11 Å². The molecule has 17 heavy (non-hydrogen) atoms. The van der Waals surface area contributed by atoms with Crippen molar-refractivity contribution < 1.29 is 19.5 Å². The van der Waals surface area contributed by atoms with Crippen molar-refractivity contribution in [2.45, 2.75) is 0 Å². The monoisotopic (exact) mass is 249 g/mol. The quantitative estimate of drug-likeness (QED) is 0.779. The fourth-order valence-corrected chi connectivity index (χ4v) is 2.02. The first-order valence-electron chi connectivity index (χ1n) is 4.64. The lowest BCUT2D eigenvalue weighted by molar-refractivity contribution is -0.115. The average molecular weight is 249 g/mol. The molecule has 0 bridgehead atoms. The second-order valence-electron chi connectivity index (χ2n) is 3.28. The van der Waals surface area contributed by atoms with Crippen molar-refractivity contribution >= 4 is 35.0 Å². The molecular formula is C11H7NO4S. The molecule has 2 N–H and O–H groups in total. The van der Waals surface area contributed by atoms with E-state index in [1.54, 1.807) is 12.1 Å².